The predicted octanol–water partition coefficient (Wildman–Crippen LogP) is 0.286. The molecule has 1 aliphatic rings. The fourth-order valence-electron chi connectivity index (χ4n) is 1.94. The van der Waals surface area contributed by atoms with E-state index in [-0.39, 0.29) is 0 Å². The number of nitrogens with zero attached hydrogens (tertiary/aromatic N) is 4. The van der Waals surface area contributed by atoms with Crippen LogP contribution in [0.4, 0.5) is 0 Å². The van der Waals surface area contributed by atoms with Gasteiger partial charge in [-0.05, 0) is 12.8 Å². The van der Waals surface area contributed by atoms with Crippen LogP contribution in [-0.2, 0) is 9.59 Å². The van der Waals surface area contributed by atoms with Crippen LogP contribution in [0.5, 0.6) is 0 Å². The fraction of sp³-hybridized carbons (Fsp3) is 0.556. The van der Waals surface area contributed by atoms with Crippen molar-refractivity contribution in [1.29, 1.82) is 0 Å². The molecule has 1 saturated carbocycles. The quantitative estimate of drug-likeness (QED) is 0.285. The molecule has 0 saturated heterocycles. The van der Waals surface area contributed by atoms with E-state index >= 15 is 0 Å². The molecule has 0 N–H and O–H groups in total. The molecule has 1 rings (SSSR count). The summed E-state index contributed by atoms with van der Waals surface area (Å²) in [6.07, 6.45) is 3.79. The molecule has 6 nitrogen and oxygen atoms in total. The zero-order chi connectivity index (χ0) is 11.3. The van der Waals surface area contributed by atoms with E-state index in [2.05, 4.69) is 9.58 Å². The molecule has 0 bridgehead atoms. The Bertz CT molecular complexity index is 351. The molecular weight excluding hydrogens is 196 g/mol. The number of rotatable bonds is 4. The Kier molecular flexibility index (Phi) is 3.39. The van der Waals surface area contributed by atoms with Crippen molar-refractivity contribution in [2.45, 2.75) is 25.7 Å². The van der Waals surface area contributed by atoms with E-state index in [1.807, 2.05) is 0 Å². The van der Waals surface area contributed by atoms with E-state index in [1.54, 1.807) is 0 Å². The summed E-state index contributed by atoms with van der Waals surface area (Å²) in [6.45, 7) is 0. The first-order chi connectivity index (χ1) is 7.17. The van der Waals surface area contributed by atoms with E-state index in [4.69, 9.17) is 11.1 Å². The molecular formula is C9H10N4O2. The van der Waals surface area contributed by atoms with Gasteiger partial charge in [0.2, 0.25) is 11.6 Å². The highest BCUT2D eigenvalue weighted by Crippen LogP contribution is 2.38. The molecule has 0 heterocycles. The van der Waals surface area contributed by atoms with Gasteiger partial charge in [0.25, 0.3) is 0 Å². The Morgan fingerprint density at radius 1 is 1.00 bits per heavy atom. The zero-order valence-electron chi connectivity index (χ0n) is 8.09. The summed E-state index contributed by atoms with van der Waals surface area (Å²) in [4.78, 5) is 28.5. The molecule has 1 aliphatic carbocycles. The number of ketones is 2. The molecule has 0 aromatic carbocycles. The van der Waals surface area contributed by atoms with Crippen LogP contribution in [0, 0.1) is 5.41 Å². The van der Waals surface area contributed by atoms with E-state index in [1.165, 1.54) is 0 Å². The van der Waals surface area contributed by atoms with Crippen LogP contribution in [0.3, 0.4) is 0 Å². The van der Waals surface area contributed by atoms with Crippen LogP contribution in [0.2, 0.25) is 0 Å². The lowest BCUT2D eigenvalue weighted by molar-refractivity contribution is -0.136. The molecule has 0 radical (unpaired) electrons. The summed E-state index contributed by atoms with van der Waals surface area (Å²) in [6, 6.07) is 0. The SMILES string of the molecule is [N-]=[N+]=CC(=O)C1(C(=O)C=[N+]=[N-])CCCC1. The Morgan fingerprint density at radius 3 is 1.73 bits per heavy atom. The van der Waals surface area contributed by atoms with Gasteiger partial charge in [0.1, 0.15) is 5.41 Å². The van der Waals surface area contributed by atoms with E-state index in [9.17, 15) is 9.59 Å². The molecule has 0 aromatic rings. The first kappa shape index (κ1) is 11.2. The van der Waals surface area contributed by atoms with Crippen molar-refractivity contribution >= 4 is 24.0 Å². The molecule has 0 unspecified atom stereocenters. The normalized spacial score (nSPS) is 17.3. The van der Waals surface area contributed by atoms with Crippen molar-refractivity contribution in [2.75, 3.05) is 0 Å². The van der Waals surface area contributed by atoms with Crippen molar-refractivity contribution in [3.05, 3.63) is 11.1 Å². The van der Waals surface area contributed by atoms with Crippen LogP contribution in [0.1, 0.15) is 25.7 Å². The monoisotopic (exact) mass is 206 g/mol. The van der Waals surface area contributed by atoms with Crippen LogP contribution in [-0.4, -0.2) is 33.6 Å². The summed E-state index contributed by atoms with van der Waals surface area (Å²) in [5.74, 6) is -1.07. The van der Waals surface area contributed by atoms with Crippen molar-refractivity contribution in [3.63, 3.8) is 0 Å². The van der Waals surface area contributed by atoms with Crippen LogP contribution < -0.4 is 0 Å². The first-order valence-corrected chi connectivity index (χ1v) is 4.61. The van der Waals surface area contributed by atoms with Crippen LogP contribution in [0.15, 0.2) is 0 Å². The number of carbonyl (C=O) groups is 2. The average molecular weight is 206 g/mol. The molecule has 0 amide bonds. The number of hydrogen-bond acceptors (Lipinski definition) is 2. The van der Waals surface area contributed by atoms with Crippen molar-refractivity contribution in [2.24, 2.45) is 5.41 Å². The minimum Gasteiger partial charge on any atom is -0.361 e. The van der Waals surface area contributed by atoms with Gasteiger partial charge in [-0.1, -0.05) is 12.8 Å². The number of Topliss-reactive ketones (excluding diaryl/α,β-unsaturated/α-hetero) is 2. The first-order valence-electron chi connectivity index (χ1n) is 4.61. The summed E-state index contributed by atoms with van der Waals surface area (Å²) >= 11 is 0. The Labute approximate surface area is 86.1 Å². The number of hydrogen-bond donors (Lipinski definition) is 0. The van der Waals surface area contributed by atoms with Gasteiger partial charge in [-0.3, -0.25) is 9.59 Å². The Balaban J connectivity index is 3.08. The standard InChI is InChI=1S/C9H10N4O2/c10-12-5-7(14)9(3-1-2-4-9)8(15)6-13-11/h5-6H,1-4H2. The van der Waals surface area contributed by atoms with Gasteiger partial charge in [0.15, 0.2) is 0 Å². The molecule has 15 heavy (non-hydrogen) atoms. The summed E-state index contributed by atoms with van der Waals surface area (Å²) < 4.78 is 0. The molecule has 0 atom stereocenters. The Hall–Kier alpha value is -1.90. The van der Waals surface area contributed by atoms with Crippen molar-refractivity contribution in [3.8, 4) is 0 Å². The molecule has 78 valence electrons. The maximum absolute atomic E-state index is 11.6. The number of carbonyl (C=O) groups excluding carboxylic acids is 2. The molecule has 0 aliphatic heterocycles. The molecule has 1 fully saturated rings. The molecule has 6 heteroatoms. The highest BCUT2D eigenvalue weighted by atomic mass is 16.2. The average Bonchev–Trinajstić information content (AvgIpc) is 2.68. The topological polar surface area (TPSA) is 107 Å². The molecule has 0 aromatic heterocycles. The third-order valence-electron chi connectivity index (χ3n) is 2.75. The maximum Gasteiger partial charge on any atom is 0.324 e. The summed E-state index contributed by atoms with van der Waals surface area (Å²) in [5.41, 5.74) is 15.4. The predicted molar refractivity (Wildman–Crippen MR) is 50.3 cm³/mol. The molecule has 0 spiro atoms. The zero-order valence-corrected chi connectivity index (χ0v) is 8.09. The highest BCUT2D eigenvalue weighted by Gasteiger charge is 2.49. The van der Waals surface area contributed by atoms with Gasteiger partial charge in [-0.2, -0.15) is 9.58 Å². The minimum absolute atomic E-state index is 0.405. The lowest BCUT2D eigenvalue weighted by Crippen LogP contribution is -2.38. The fourth-order valence-corrected chi connectivity index (χ4v) is 1.94. The van der Waals surface area contributed by atoms with Gasteiger partial charge in [0, 0.05) is 0 Å². The second-order valence-electron chi connectivity index (χ2n) is 3.51. The maximum atomic E-state index is 11.6. The highest BCUT2D eigenvalue weighted by molar-refractivity contribution is 6.42. The summed E-state index contributed by atoms with van der Waals surface area (Å²) in [5, 5.41) is 0. The summed E-state index contributed by atoms with van der Waals surface area (Å²) in [7, 11) is 0. The van der Waals surface area contributed by atoms with Gasteiger partial charge in [0.05, 0.1) is 0 Å². The van der Waals surface area contributed by atoms with E-state index < -0.39 is 17.0 Å². The minimum atomic E-state index is -1.18. The van der Waals surface area contributed by atoms with Crippen LogP contribution in [0.25, 0.3) is 11.1 Å². The smallest absolute Gasteiger partial charge is 0.324 e. The van der Waals surface area contributed by atoms with E-state index in [0.717, 1.165) is 25.3 Å². The lowest BCUT2D eigenvalue weighted by atomic mass is 9.78. The third kappa shape index (κ3) is 1.96. The second-order valence-corrected chi connectivity index (χ2v) is 3.51. The lowest BCUT2D eigenvalue weighted by Gasteiger charge is -2.17. The van der Waals surface area contributed by atoms with Gasteiger partial charge >= 0.3 is 12.4 Å². The van der Waals surface area contributed by atoms with Gasteiger partial charge in [-0.25, -0.2) is 0 Å². The van der Waals surface area contributed by atoms with Gasteiger partial charge < -0.3 is 11.1 Å². The van der Waals surface area contributed by atoms with Gasteiger partial charge in [-0.15, -0.1) is 0 Å². The second kappa shape index (κ2) is 4.55. The van der Waals surface area contributed by atoms with Crippen LogP contribution >= 0.6 is 0 Å². The van der Waals surface area contributed by atoms with Crippen molar-refractivity contribution < 1.29 is 19.2 Å². The largest absolute Gasteiger partial charge is 0.361 e. The van der Waals surface area contributed by atoms with E-state index in [0.29, 0.717) is 12.8 Å². The Morgan fingerprint density at radius 2 is 1.40 bits per heavy atom. The van der Waals surface area contributed by atoms with Crippen molar-refractivity contribution in [1.82, 2.24) is 0 Å². The third-order valence-corrected chi connectivity index (χ3v) is 2.75.